The number of benzene rings is 1. The molecule has 28 heavy (non-hydrogen) atoms. The van der Waals surface area contributed by atoms with Crippen LogP contribution in [0, 0.1) is 0 Å². The number of rotatable bonds is 6. The molecule has 0 bridgehead atoms. The second kappa shape index (κ2) is 10.9. The van der Waals surface area contributed by atoms with Crippen LogP contribution in [0.5, 0.6) is 5.75 Å². The number of furan rings is 1. The van der Waals surface area contributed by atoms with Crippen molar-refractivity contribution in [3.63, 3.8) is 0 Å². The van der Waals surface area contributed by atoms with Gasteiger partial charge in [-0.05, 0) is 18.2 Å². The van der Waals surface area contributed by atoms with Gasteiger partial charge in [-0.1, -0.05) is 18.2 Å². The highest BCUT2D eigenvalue weighted by Crippen LogP contribution is 2.31. The summed E-state index contributed by atoms with van der Waals surface area (Å²) in [5.74, 6) is 2.36. The summed E-state index contributed by atoms with van der Waals surface area (Å²) in [4.78, 5) is 17.9. The van der Waals surface area contributed by atoms with E-state index in [0.29, 0.717) is 19.1 Å². The van der Waals surface area contributed by atoms with E-state index in [4.69, 9.17) is 9.15 Å². The molecule has 3 rings (SSSR count). The molecular formula is C20H27IN4O3. The van der Waals surface area contributed by atoms with Crippen molar-refractivity contribution < 1.29 is 13.9 Å². The largest absolute Gasteiger partial charge is 0.493 e. The number of likely N-dealkylation sites (N-methyl/N-ethyl adjacent to an activating group) is 1. The average molecular weight is 498 g/mol. The third-order valence-corrected chi connectivity index (χ3v) is 4.38. The Kier molecular flexibility index (Phi) is 8.62. The summed E-state index contributed by atoms with van der Waals surface area (Å²) < 4.78 is 11.1. The molecule has 1 atom stereocenters. The fourth-order valence-corrected chi connectivity index (χ4v) is 2.86. The summed E-state index contributed by atoms with van der Waals surface area (Å²) in [6.07, 6.45) is 3.23. The van der Waals surface area contributed by atoms with Gasteiger partial charge in [-0.15, -0.1) is 24.0 Å². The fourth-order valence-electron chi connectivity index (χ4n) is 2.86. The highest BCUT2D eigenvalue weighted by atomic mass is 127. The van der Waals surface area contributed by atoms with E-state index in [1.807, 2.05) is 30.3 Å². The lowest BCUT2D eigenvalue weighted by Crippen LogP contribution is -2.42. The monoisotopic (exact) mass is 498 g/mol. The number of halogens is 1. The SMILES string of the molecule is CN(C)C(=O)CN=C(NCCc1ccco1)NC1CCOc2ccccc21.I. The molecule has 0 saturated carbocycles. The molecule has 0 spiro atoms. The number of amides is 1. The number of nitrogens with one attached hydrogen (secondary N) is 2. The summed E-state index contributed by atoms with van der Waals surface area (Å²) in [6.45, 7) is 1.39. The molecule has 1 aromatic heterocycles. The standard InChI is InChI=1S/C20H26N4O3.HI/c1-24(2)19(25)14-22-20(21-11-9-15-6-5-12-26-15)23-17-10-13-27-18-8-4-3-7-16(17)18;/h3-8,12,17H,9-11,13-14H2,1-2H3,(H2,21,22,23);1H. The van der Waals surface area contributed by atoms with Gasteiger partial charge in [-0.2, -0.15) is 0 Å². The van der Waals surface area contributed by atoms with Crippen LogP contribution in [0.3, 0.4) is 0 Å². The maximum absolute atomic E-state index is 11.9. The van der Waals surface area contributed by atoms with Crippen LogP contribution < -0.4 is 15.4 Å². The van der Waals surface area contributed by atoms with Gasteiger partial charge in [0.15, 0.2) is 5.96 Å². The van der Waals surface area contributed by atoms with Crippen LogP contribution in [0.2, 0.25) is 0 Å². The number of fused-ring (bicyclic) bond motifs is 1. The molecule has 2 N–H and O–H groups in total. The Morgan fingerprint density at radius 2 is 2.07 bits per heavy atom. The molecule has 1 aromatic carbocycles. The molecule has 2 heterocycles. The molecule has 7 nitrogen and oxygen atoms in total. The van der Waals surface area contributed by atoms with Gasteiger partial charge in [0, 0.05) is 39.0 Å². The van der Waals surface area contributed by atoms with Crippen molar-refractivity contribution in [2.45, 2.75) is 18.9 Å². The quantitative estimate of drug-likeness (QED) is 0.364. The van der Waals surface area contributed by atoms with E-state index >= 15 is 0 Å². The molecule has 1 unspecified atom stereocenters. The Hall–Kier alpha value is -2.23. The third-order valence-electron chi connectivity index (χ3n) is 4.38. The summed E-state index contributed by atoms with van der Waals surface area (Å²) >= 11 is 0. The van der Waals surface area contributed by atoms with Gasteiger partial charge in [0.1, 0.15) is 18.1 Å². The lowest BCUT2D eigenvalue weighted by Gasteiger charge is -2.28. The normalized spacial score (nSPS) is 15.6. The number of carbonyl (C=O) groups excluding carboxylic acids is 1. The Morgan fingerprint density at radius 1 is 1.25 bits per heavy atom. The zero-order valence-electron chi connectivity index (χ0n) is 16.2. The summed E-state index contributed by atoms with van der Waals surface area (Å²) in [6, 6.07) is 11.9. The highest BCUT2D eigenvalue weighted by molar-refractivity contribution is 14.0. The minimum absolute atomic E-state index is 0. The average Bonchev–Trinajstić information content (AvgIpc) is 3.19. The van der Waals surface area contributed by atoms with Crippen molar-refractivity contribution in [3.05, 3.63) is 54.0 Å². The van der Waals surface area contributed by atoms with Crippen molar-refractivity contribution in [1.82, 2.24) is 15.5 Å². The zero-order valence-corrected chi connectivity index (χ0v) is 18.5. The van der Waals surface area contributed by atoms with E-state index in [-0.39, 0.29) is 42.5 Å². The molecule has 0 fully saturated rings. The van der Waals surface area contributed by atoms with Crippen molar-refractivity contribution in [1.29, 1.82) is 0 Å². The van der Waals surface area contributed by atoms with Gasteiger partial charge in [-0.25, -0.2) is 4.99 Å². The maximum Gasteiger partial charge on any atom is 0.243 e. The molecule has 8 heteroatoms. The van der Waals surface area contributed by atoms with Crippen molar-refractivity contribution in [3.8, 4) is 5.75 Å². The van der Waals surface area contributed by atoms with Crippen LogP contribution in [-0.4, -0.2) is 50.6 Å². The van der Waals surface area contributed by atoms with Crippen LogP contribution in [0.15, 0.2) is 52.1 Å². The first-order chi connectivity index (χ1) is 13.1. The van der Waals surface area contributed by atoms with E-state index in [9.17, 15) is 4.79 Å². The van der Waals surface area contributed by atoms with Crippen molar-refractivity contribution in [2.24, 2.45) is 4.99 Å². The van der Waals surface area contributed by atoms with Crippen LogP contribution >= 0.6 is 24.0 Å². The molecule has 1 aliphatic heterocycles. The first-order valence-corrected chi connectivity index (χ1v) is 9.12. The van der Waals surface area contributed by atoms with Gasteiger partial charge in [0.2, 0.25) is 5.91 Å². The zero-order chi connectivity index (χ0) is 19.1. The van der Waals surface area contributed by atoms with Gasteiger partial charge < -0.3 is 24.7 Å². The second-order valence-electron chi connectivity index (χ2n) is 6.58. The number of hydrogen-bond donors (Lipinski definition) is 2. The molecule has 0 radical (unpaired) electrons. The minimum Gasteiger partial charge on any atom is -0.493 e. The number of nitrogens with zero attached hydrogens (tertiary/aromatic N) is 2. The molecule has 2 aromatic rings. The lowest BCUT2D eigenvalue weighted by atomic mass is 10.0. The van der Waals surface area contributed by atoms with Gasteiger partial charge in [-0.3, -0.25) is 4.79 Å². The fraction of sp³-hybridized carbons (Fsp3) is 0.400. The first kappa shape index (κ1) is 22.1. The molecule has 152 valence electrons. The molecule has 0 aliphatic carbocycles. The van der Waals surface area contributed by atoms with Crippen molar-refractivity contribution in [2.75, 3.05) is 33.8 Å². The Labute approximate surface area is 182 Å². The number of para-hydroxylation sites is 1. The first-order valence-electron chi connectivity index (χ1n) is 9.12. The second-order valence-corrected chi connectivity index (χ2v) is 6.58. The van der Waals surface area contributed by atoms with Gasteiger partial charge >= 0.3 is 0 Å². The number of guanidine groups is 1. The van der Waals surface area contributed by atoms with Crippen LogP contribution in [0.4, 0.5) is 0 Å². The van der Waals surface area contributed by atoms with Crippen LogP contribution in [0.1, 0.15) is 23.8 Å². The summed E-state index contributed by atoms with van der Waals surface area (Å²) in [5.41, 5.74) is 1.10. The number of ether oxygens (including phenoxy) is 1. The predicted molar refractivity (Wildman–Crippen MR) is 119 cm³/mol. The smallest absolute Gasteiger partial charge is 0.243 e. The van der Waals surface area contributed by atoms with E-state index < -0.39 is 0 Å². The molecule has 1 aliphatic rings. The van der Waals surface area contributed by atoms with E-state index in [0.717, 1.165) is 29.9 Å². The van der Waals surface area contributed by atoms with E-state index in [1.54, 1.807) is 20.4 Å². The van der Waals surface area contributed by atoms with Gasteiger partial charge in [0.25, 0.3) is 0 Å². The van der Waals surface area contributed by atoms with E-state index in [1.165, 1.54) is 4.90 Å². The predicted octanol–water partition coefficient (Wildman–Crippen LogP) is 2.59. The number of hydrogen-bond acceptors (Lipinski definition) is 4. The molecular weight excluding hydrogens is 471 g/mol. The molecule has 1 amide bonds. The maximum atomic E-state index is 11.9. The van der Waals surface area contributed by atoms with Crippen LogP contribution in [-0.2, 0) is 11.2 Å². The topological polar surface area (TPSA) is 79.1 Å². The number of aliphatic imine (C=N–C) groups is 1. The Balaban J connectivity index is 0.00000280. The Morgan fingerprint density at radius 3 is 2.82 bits per heavy atom. The highest BCUT2D eigenvalue weighted by Gasteiger charge is 2.22. The van der Waals surface area contributed by atoms with E-state index in [2.05, 4.69) is 21.7 Å². The third kappa shape index (κ3) is 6.15. The van der Waals surface area contributed by atoms with Gasteiger partial charge in [0.05, 0.1) is 18.9 Å². The summed E-state index contributed by atoms with van der Waals surface area (Å²) in [7, 11) is 3.45. The van der Waals surface area contributed by atoms with Crippen LogP contribution in [0.25, 0.3) is 0 Å². The molecule has 0 saturated heterocycles. The Bertz CT molecular complexity index is 778. The summed E-state index contributed by atoms with van der Waals surface area (Å²) in [5, 5.41) is 6.74. The van der Waals surface area contributed by atoms with Crippen molar-refractivity contribution >= 4 is 35.8 Å². The number of carbonyl (C=O) groups is 1. The lowest BCUT2D eigenvalue weighted by molar-refractivity contribution is -0.127. The minimum atomic E-state index is -0.0467.